The summed E-state index contributed by atoms with van der Waals surface area (Å²) >= 11 is 0. The van der Waals surface area contributed by atoms with Crippen molar-refractivity contribution < 1.29 is 19.2 Å². The lowest BCUT2D eigenvalue weighted by Gasteiger charge is -2.25. The number of ether oxygens (including phenoxy) is 2. The molecular weight excluding hydrogens is 364 g/mol. The minimum Gasteiger partial charge on any atom is -0.454 e. The summed E-state index contributed by atoms with van der Waals surface area (Å²) in [5.41, 5.74) is 3.38. The number of fused-ring (bicyclic) bond motifs is 1. The fourth-order valence-electron chi connectivity index (χ4n) is 3.72. The summed E-state index contributed by atoms with van der Waals surface area (Å²) in [4.78, 5) is 13.8. The Morgan fingerprint density at radius 1 is 0.931 bits per heavy atom. The van der Waals surface area contributed by atoms with E-state index in [9.17, 15) is 4.79 Å². The molecule has 0 saturated carbocycles. The molecule has 5 nitrogen and oxygen atoms in total. The highest BCUT2D eigenvalue weighted by molar-refractivity contribution is 5.76. The molecule has 0 aliphatic carbocycles. The van der Waals surface area contributed by atoms with Gasteiger partial charge in [0.25, 0.3) is 5.91 Å². The Morgan fingerprint density at radius 3 is 2.21 bits per heavy atom. The lowest BCUT2D eigenvalue weighted by Crippen LogP contribution is -3.10. The van der Waals surface area contributed by atoms with Crippen LogP contribution in [0.2, 0.25) is 0 Å². The normalized spacial score (nSPS) is 13.3. The average molecular weight is 389 g/mol. The molecule has 1 aliphatic heterocycles. The van der Waals surface area contributed by atoms with Crippen LogP contribution >= 0.6 is 0 Å². The highest BCUT2D eigenvalue weighted by Crippen LogP contribution is 2.32. The number of carbonyl (C=O) groups is 1. The zero-order chi connectivity index (χ0) is 20.1. The van der Waals surface area contributed by atoms with Crippen LogP contribution in [0.4, 0.5) is 0 Å². The van der Waals surface area contributed by atoms with E-state index in [-0.39, 0.29) is 18.7 Å². The van der Waals surface area contributed by atoms with Gasteiger partial charge < -0.3 is 19.7 Å². The Bertz CT molecular complexity index is 921. The summed E-state index contributed by atoms with van der Waals surface area (Å²) in [6.07, 6.45) is 0. The van der Waals surface area contributed by atoms with Crippen molar-refractivity contribution in [2.24, 2.45) is 0 Å². The second-order valence-electron chi connectivity index (χ2n) is 7.24. The molecule has 1 aliphatic rings. The first kappa shape index (κ1) is 19.0. The van der Waals surface area contributed by atoms with Gasteiger partial charge in [0.15, 0.2) is 18.0 Å². The predicted octanol–water partition coefficient (Wildman–Crippen LogP) is 2.34. The number of quaternary nitrogens is 1. The molecule has 1 atom stereocenters. The molecule has 148 valence electrons. The fourth-order valence-corrected chi connectivity index (χ4v) is 3.72. The van der Waals surface area contributed by atoms with Crippen LogP contribution < -0.4 is 19.7 Å². The SMILES string of the molecule is C[NH+](CC(=O)NCc1ccc2c(c1)OCO2)C(c1ccccc1)c1ccccc1. The first-order valence-corrected chi connectivity index (χ1v) is 9.78. The number of amides is 1. The number of rotatable bonds is 7. The van der Waals surface area contributed by atoms with Gasteiger partial charge in [0.05, 0.1) is 7.05 Å². The van der Waals surface area contributed by atoms with Gasteiger partial charge in [-0.3, -0.25) is 4.79 Å². The lowest BCUT2D eigenvalue weighted by atomic mass is 9.97. The fraction of sp³-hybridized carbons (Fsp3) is 0.208. The van der Waals surface area contributed by atoms with Crippen LogP contribution in [0, 0.1) is 0 Å². The third-order valence-corrected chi connectivity index (χ3v) is 5.12. The van der Waals surface area contributed by atoms with E-state index in [0.717, 1.165) is 22.0 Å². The van der Waals surface area contributed by atoms with Crippen LogP contribution in [0.15, 0.2) is 78.9 Å². The highest BCUT2D eigenvalue weighted by atomic mass is 16.7. The molecule has 0 spiro atoms. The van der Waals surface area contributed by atoms with E-state index < -0.39 is 0 Å². The minimum absolute atomic E-state index is 0.0111. The van der Waals surface area contributed by atoms with Gasteiger partial charge in [-0.25, -0.2) is 0 Å². The molecule has 0 fully saturated rings. The van der Waals surface area contributed by atoms with E-state index in [0.29, 0.717) is 13.1 Å². The zero-order valence-corrected chi connectivity index (χ0v) is 16.4. The monoisotopic (exact) mass is 389 g/mol. The van der Waals surface area contributed by atoms with Gasteiger partial charge >= 0.3 is 0 Å². The molecule has 0 saturated heterocycles. The van der Waals surface area contributed by atoms with Crippen molar-refractivity contribution in [2.45, 2.75) is 12.6 Å². The topological polar surface area (TPSA) is 52.0 Å². The van der Waals surface area contributed by atoms with E-state index in [1.54, 1.807) is 0 Å². The number of hydrogen-bond acceptors (Lipinski definition) is 3. The smallest absolute Gasteiger partial charge is 0.275 e. The molecule has 3 aromatic carbocycles. The van der Waals surface area contributed by atoms with Crippen LogP contribution in [0.3, 0.4) is 0 Å². The third-order valence-electron chi connectivity index (χ3n) is 5.12. The number of nitrogens with one attached hydrogen (secondary N) is 2. The van der Waals surface area contributed by atoms with Gasteiger partial charge in [-0.1, -0.05) is 66.7 Å². The third kappa shape index (κ3) is 4.58. The molecule has 1 amide bonds. The Hall–Kier alpha value is -3.31. The molecule has 1 heterocycles. The molecule has 1 unspecified atom stereocenters. The number of hydrogen-bond donors (Lipinski definition) is 2. The maximum absolute atomic E-state index is 12.6. The maximum atomic E-state index is 12.6. The van der Waals surface area contributed by atoms with Crippen LogP contribution in [0.1, 0.15) is 22.7 Å². The van der Waals surface area contributed by atoms with Crippen molar-refractivity contribution in [3.05, 3.63) is 95.6 Å². The summed E-state index contributed by atoms with van der Waals surface area (Å²) in [6, 6.07) is 26.5. The van der Waals surface area contributed by atoms with Gasteiger partial charge in [0.1, 0.15) is 6.04 Å². The first-order valence-electron chi connectivity index (χ1n) is 9.78. The molecule has 2 N–H and O–H groups in total. The second kappa shape index (κ2) is 8.80. The quantitative estimate of drug-likeness (QED) is 0.652. The number of likely N-dealkylation sites (N-methyl/N-ethyl adjacent to an activating group) is 1. The number of benzene rings is 3. The molecule has 3 aromatic rings. The Balaban J connectivity index is 1.42. The van der Waals surface area contributed by atoms with Gasteiger partial charge in [-0.2, -0.15) is 0 Å². The minimum atomic E-state index is 0.0111. The average Bonchev–Trinajstić information content (AvgIpc) is 3.22. The Morgan fingerprint density at radius 2 is 1.55 bits per heavy atom. The highest BCUT2D eigenvalue weighted by Gasteiger charge is 2.24. The zero-order valence-electron chi connectivity index (χ0n) is 16.4. The predicted molar refractivity (Wildman–Crippen MR) is 111 cm³/mol. The molecular formula is C24H25N2O3+. The Labute approximate surface area is 170 Å². The molecule has 5 heteroatoms. The second-order valence-corrected chi connectivity index (χ2v) is 7.24. The lowest BCUT2D eigenvalue weighted by molar-refractivity contribution is -0.898. The molecule has 0 aromatic heterocycles. The van der Waals surface area contributed by atoms with Gasteiger partial charge in [-0.15, -0.1) is 0 Å². The van der Waals surface area contributed by atoms with E-state index in [2.05, 4.69) is 36.6 Å². The summed E-state index contributed by atoms with van der Waals surface area (Å²) in [6.45, 7) is 1.09. The van der Waals surface area contributed by atoms with E-state index >= 15 is 0 Å². The van der Waals surface area contributed by atoms with Crippen molar-refractivity contribution in [3.8, 4) is 11.5 Å². The van der Waals surface area contributed by atoms with Crippen LogP contribution in [0.5, 0.6) is 11.5 Å². The summed E-state index contributed by atoms with van der Waals surface area (Å²) < 4.78 is 10.7. The van der Waals surface area contributed by atoms with Crippen molar-refractivity contribution in [1.29, 1.82) is 0 Å². The van der Waals surface area contributed by atoms with Crippen molar-refractivity contribution >= 4 is 5.91 Å². The van der Waals surface area contributed by atoms with Crippen LogP contribution in [0.25, 0.3) is 0 Å². The maximum Gasteiger partial charge on any atom is 0.275 e. The molecule has 0 bridgehead atoms. The molecule has 0 radical (unpaired) electrons. The van der Waals surface area contributed by atoms with Crippen LogP contribution in [-0.4, -0.2) is 26.3 Å². The summed E-state index contributed by atoms with van der Waals surface area (Å²) in [5, 5.41) is 3.02. The first-order chi connectivity index (χ1) is 14.2. The molecule has 4 rings (SSSR count). The van der Waals surface area contributed by atoms with E-state index in [4.69, 9.17) is 9.47 Å². The largest absolute Gasteiger partial charge is 0.454 e. The summed E-state index contributed by atoms with van der Waals surface area (Å²) in [5.74, 6) is 1.49. The standard InChI is InChI=1S/C24H24N2O3/c1-26(24(19-8-4-2-5-9-19)20-10-6-3-7-11-20)16-23(27)25-15-18-12-13-21-22(14-18)29-17-28-21/h2-14,24H,15-17H2,1H3,(H,25,27)/p+1. The Kier molecular flexibility index (Phi) is 5.77. The number of carbonyl (C=O) groups excluding carboxylic acids is 1. The van der Waals surface area contributed by atoms with Gasteiger partial charge in [0.2, 0.25) is 6.79 Å². The van der Waals surface area contributed by atoms with Crippen LogP contribution in [-0.2, 0) is 11.3 Å². The molecule has 29 heavy (non-hydrogen) atoms. The van der Waals surface area contributed by atoms with Crippen molar-refractivity contribution in [1.82, 2.24) is 5.32 Å². The van der Waals surface area contributed by atoms with E-state index in [1.807, 2.05) is 54.6 Å². The van der Waals surface area contributed by atoms with Crippen molar-refractivity contribution in [2.75, 3.05) is 20.4 Å². The van der Waals surface area contributed by atoms with Crippen molar-refractivity contribution in [3.63, 3.8) is 0 Å². The summed E-state index contributed by atoms with van der Waals surface area (Å²) in [7, 11) is 2.06. The van der Waals surface area contributed by atoms with Gasteiger partial charge in [0, 0.05) is 17.7 Å². The van der Waals surface area contributed by atoms with E-state index in [1.165, 1.54) is 11.1 Å². The van der Waals surface area contributed by atoms with Gasteiger partial charge in [-0.05, 0) is 17.7 Å².